The van der Waals surface area contributed by atoms with Crippen LogP contribution in [0.25, 0.3) is 0 Å². The van der Waals surface area contributed by atoms with Crippen molar-refractivity contribution in [1.29, 1.82) is 0 Å². The molecular formula is C23H27F2NO7S. The molecule has 1 aliphatic heterocycles. The summed E-state index contributed by atoms with van der Waals surface area (Å²) in [6, 6.07) is 6.63. The monoisotopic (exact) mass is 499 g/mol. The van der Waals surface area contributed by atoms with Crippen molar-refractivity contribution in [2.75, 3.05) is 47.3 Å². The van der Waals surface area contributed by atoms with Crippen LogP contribution in [0.1, 0.15) is 28.8 Å². The van der Waals surface area contributed by atoms with Crippen LogP contribution in [0.2, 0.25) is 0 Å². The topological polar surface area (TPSA) is 91.4 Å². The zero-order valence-corrected chi connectivity index (χ0v) is 20.2. The van der Waals surface area contributed by atoms with Crippen LogP contribution in [0.4, 0.5) is 8.78 Å². The number of rotatable bonds is 9. The number of hydrogen-bond donors (Lipinski definition) is 0. The van der Waals surface area contributed by atoms with Crippen LogP contribution in [0, 0.1) is 11.6 Å². The van der Waals surface area contributed by atoms with Gasteiger partial charge in [-0.2, -0.15) is 8.42 Å². The van der Waals surface area contributed by atoms with Crippen molar-refractivity contribution in [3.05, 3.63) is 53.1 Å². The summed E-state index contributed by atoms with van der Waals surface area (Å²) in [7, 11) is 0.650. The third kappa shape index (κ3) is 5.41. The molecule has 1 fully saturated rings. The van der Waals surface area contributed by atoms with E-state index in [0.29, 0.717) is 41.3 Å². The molecular weight excluding hydrogens is 472 g/mol. The Kier molecular flexibility index (Phi) is 7.67. The molecule has 186 valence electrons. The summed E-state index contributed by atoms with van der Waals surface area (Å²) < 4.78 is 71.4. The second kappa shape index (κ2) is 10.1. The van der Waals surface area contributed by atoms with Gasteiger partial charge >= 0.3 is 0 Å². The summed E-state index contributed by atoms with van der Waals surface area (Å²) in [6.45, 7) is 0.304. The minimum absolute atomic E-state index is 0.153. The molecule has 34 heavy (non-hydrogen) atoms. The number of likely N-dealkylation sites (tertiary alicyclic amines) is 1. The Morgan fingerprint density at radius 3 is 2.21 bits per heavy atom. The van der Waals surface area contributed by atoms with Gasteiger partial charge in [0, 0.05) is 24.1 Å². The van der Waals surface area contributed by atoms with E-state index in [1.165, 1.54) is 39.5 Å². The van der Waals surface area contributed by atoms with Gasteiger partial charge in [0.15, 0.2) is 23.1 Å². The van der Waals surface area contributed by atoms with Crippen molar-refractivity contribution in [1.82, 2.24) is 4.90 Å². The highest BCUT2D eigenvalue weighted by Gasteiger charge is 2.42. The number of methoxy groups -OCH3 is 3. The molecule has 1 aliphatic rings. The molecule has 0 saturated carbocycles. The predicted octanol–water partition coefficient (Wildman–Crippen LogP) is 3.14. The molecule has 2 aromatic rings. The second-order valence-electron chi connectivity index (χ2n) is 8.08. The molecule has 1 atom stereocenters. The Morgan fingerprint density at radius 1 is 1.03 bits per heavy atom. The van der Waals surface area contributed by atoms with Crippen LogP contribution in [-0.2, 0) is 19.7 Å². The fourth-order valence-electron chi connectivity index (χ4n) is 4.23. The number of benzene rings is 2. The minimum Gasteiger partial charge on any atom is -0.493 e. The maximum atomic E-state index is 14.1. The van der Waals surface area contributed by atoms with Crippen molar-refractivity contribution in [2.45, 2.75) is 18.3 Å². The lowest BCUT2D eigenvalue weighted by atomic mass is 9.77. The SMILES string of the molecule is COc1cc(C(=O)N2CCC(CCOS(C)(=O)=O)(c3ccc(F)c(F)c3)C2)cc(OC)c1OC. The van der Waals surface area contributed by atoms with Gasteiger partial charge in [-0.15, -0.1) is 0 Å². The Bertz CT molecular complexity index is 1150. The first kappa shape index (κ1) is 25.7. The number of carbonyl (C=O) groups is 1. The van der Waals surface area contributed by atoms with E-state index in [9.17, 15) is 22.0 Å². The van der Waals surface area contributed by atoms with Gasteiger partial charge in [0.05, 0.1) is 34.2 Å². The van der Waals surface area contributed by atoms with Crippen LogP contribution < -0.4 is 14.2 Å². The molecule has 0 spiro atoms. The predicted molar refractivity (Wildman–Crippen MR) is 120 cm³/mol. The van der Waals surface area contributed by atoms with Gasteiger partial charge in [0.25, 0.3) is 16.0 Å². The summed E-state index contributed by atoms with van der Waals surface area (Å²) in [6.07, 6.45) is 1.53. The van der Waals surface area contributed by atoms with E-state index < -0.39 is 27.2 Å². The van der Waals surface area contributed by atoms with Gasteiger partial charge in [-0.1, -0.05) is 6.07 Å². The van der Waals surface area contributed by atoms with Crippen molar-refractivity contribution in [3.8, 4) is 17.2 Å². The van der Waals surface area contributed by atoms with E-state index >= 15 is 0 Å². The molecule has 3 rings (SSSR count). The average molecular weight is 500 g/mol. The Balaban J connectivity index is 1.93. The Morgan fingerprint density at radius 2 is 1.68 bits per heavy atom. The normalized spacial score (nSPS) is 18.1. The molecule has 0 aliphatic carbocycles. The quantitative estimate of drug-likeness (QED) is 0.490. The lowest BCUT2D eigenvalue weighted by Crippen LogP contribution is -2.35. The zero-order chi connectivity index (χ0) is 25.1. The van der Waals surface area contributed by atoms with Crippen LogP contribution in [0.3, 0.4) is 0 Å². The maximum Gasteiger partial charge on any atom is 0.264 e. The van der Waals surface area contributed by atoms with E-state index in [1.807, 2.05) is 0 Å². The fraction of sp³-hybridized carbons (Fsp3) is 0.435. The first-order valence-electron chi connectivity index (χ1n) is 10.4. The molecule has 11 heteroatoms. The first-order valence-corrected chi connectivity index (χ1v) is 12.2. The second-order valence-corrected chi connectivity index (χ2v) is 9.72. The molecule has 1 heterocycles. The number of hydrogen-bond acceptors (Lipinski definition) is 7. The van der Waals surface area contributed by atoms with E-state index in [2.05, 4.69) is 0 Å². The van der Waals surface area contributed by atoms with Gasteiger partial charge in [-0.05, 0) is 42.7 Å². The van der Waals surface area contributed by atoms with Crippen molar-refractivity contribution in [3.63, 3.8) is 0 Å². The van der Waals surface area contributed by atoms with E-state index in [4.69, 9.17) is 18.4 Å². The number of amides is 1. The van der Waals surface area contributed by atoms with Crippen molar-refractivity contribution >= 4 is 16.0 Å². The minimum atomic E-state index is -3.69. The van der Waals surface area contributed by atoms with Gasteiger partial charge in [-0.3, -0.25) is 8.98 Å². The third-order valence-electron chi connectivity index (χ3n) is 5.96. The Hall–Kier alpha value is -2.92. The number of nitrogens with zero attached hydrogens (tertiary/aromatic N) is 1. The molecule has 0 aromatic heterocycles. The molecule has 2 aromatic carbocycles. The van der Waals surface area contributed by atoms with Gasteiger partial charge in [0.2, 0.25) is 5.75 Å². The molecule has 0 N–H and O–H groups in total. The highest BCUT2D eigenvalue weighted by atomic mass is 32.2. The largest absolute Gasteiger partial charge is 0.493 e. The van der Waals surface area contributed by atoms with Crippen molar-refractivity contribution < 1.29 is 40.4 Å². The number of carbonyl (C=O) groups excluding carboxylic acids is 1. The van der Waals surface area contributed by atoms with Crippen LogP contribution in [0.15, 0.2) is 30.3 Å². The number of ether oxygens (including phenoxy) is 3. The standard InChI is InChI=1S/C23H27F2NO7S/c1-30-19-11-15(12-20(31-2)21(19)32-3)22(27)26-9-7-23(14-26,8-10-33-34(4,28)29)16-5-6-17(24)18(25)13-16/h5-6,11-13H,7-10,14H2,1-4H3. The average Bonchev–Trinajstić information content (AvgIpc) is 3.23. The molecule has 0 bridgehead atoms. The first-order chi connectivity index (χ1) is 16.0. The van der Waals surface area contributed by atoms with Crippen LogP contribution in [0.5, 0.6) is 17.2 Å². The van der Waals surface area contributed by atoms with E-state index in [1.54, 1.807) is 4.90 Å². The smallest absolute Gasteiger partial charge is 0.264 e. The molecule has 0 radical (unpaired) electrons. The maximum absolute atomic E-state index is 14.1. The lowest BCUT2D eigenvalue weighted by molar-refractivity contribution is 0.0779. The number of halogens is 2. The summed E-state index contributed by atoms with van der Waals surface area (Å²) >= 11 is 0. The van der Waals surface area contributed by atoms with Gasteiger partial charge in [0.1, 0.15) is 0 Å². The molecule has 1 saturated heterocycles. The zero-order valence-electron chi connectivity index (χ0n) is 19.4. The van der Waals surface area contributed by atoms with Gasteiger partial charge < -0.3 is 19.1 Å². The van der Waals surface area contributed by atoms with E-state index in [-0.39, 0.29) is 25.5 Å². The fourth-order valence-corrected chi connectivity index (χ4v) is 4.62. The van der Waals surface area contributed by atoms with Crippen LogP contribution in [-0.4, -0.2) is 66.5 Å². The van der Waals surface area contributed by atoms with Crippen molar-refractivity contribution in [2.24, 2.45) is 0 Å². The summed E-state index contributed by atoms with van der Waals surface area (Å²) in [5.41, 5.74) is -0.0677. The molecule has 1 amide bonds. The van der Waals surface area contributed by atoms with Crippen LogP contribution >= 0.6 is 0 Å². The van der Waals surface area contributed by atoms with Gasteiger partial charge in [-0.25, -0.2) is 8.78 Å². The summed E-state index contributed by atoms with van der Waals surface area (Å²) in [5.74, 6) is -1.36. The summed E-state index contributed by atoms with van der Waals surface area (Å²) in [4.78, 5) is 14.9. The third-order valence-corrected chi connectivity index (χ3v) is 6.56. The molecule has 8 nitrogen and oxygen atoms in total. The Labute approximate surface area is 197 Å². The highest BCUT2D eigenvalue weighted by molar-refractivity contribution is 7.85. The van der Waals surface area contributed by atoms with E-state index in [0.717, 1.165) is 18.4 Å². The lowest BCUT2D eigenvalue weighted by Gasteiger charge is -2.30. The summed E-state index contributed by atoms with van der Waals surface area (Å²) in [5, 5.41) is 0. The highest BCUT2D eigenvalue weighted by Crippen LogP contribution is 2.41. The molecule has 1 unspecified atom stereocenters.